The molecular weight excluding hydrogens is 254 g/mol. The largest absolute Gasteiger partial charge is 0.331 e. The van der Waals surface area contributed by atoms with E-state index in [1.54, 1.807) is 0 Å². The van der Waals surface area contributed by atoms with E-state index >= 15 is 0 Å². The van der Waals surface area contributed by atoms with Gasteiger partial charge in [-0.05, 0) is 26.0 Å². The third kappa shape index (κ3) is 4.40. The zero-order valence-corrected chi connectivity index (χ0v) is 12.4. The normalized spacial score (nSPS) is 11.1. The number of nitrogens with zero attached hydrogens (tertiary/aromatic N) is 2. The average Bonchev–Trinajstić information content (AvgIpc) is 2.88. The van der Waals surface area contributed by atoms with Crippen LogP contribution in [0, 0.1) is 0 Å². The zero-order chi connectivity index (χ0) is 13.5. The molecule has 3 nitrogen and oxygen atoms in total. The van der Waals surface area contributed by atoms with Gasteiger partial charge in [0.1, 0.15) is 0 Å². The first kappa shape index (κ1) is 14.2. The third-order valence-corrected chi connectivity index (χ3v) is 3.91. The average molecular weight is 275 g/mol. The van der Waals surface area contributed by atoms with Crippen molar-refractivity contribution in [3.05, 3.63) is 48.5 Å². The van der Waals surface area contributed by atoms with E-state index in [0.717, 1.165) is 18.8 Å². The number of hydrogen-bond donors (Lipinski definition) is 1. The monoisotopic (exact) mass is 275 g/mol. The first-order valence-corrected chi connectivity index (χ1v) is 7.65. The molecule has 0 aliphatic rings. The predicted molar refractivity (Wildman–Crippen MR) is 81.5 cm³/mol. The van der Waals surface area contributed by atoms with Crippen LogP contribution < -0.4 is 5.32 Å². The van der Waals surface area contributed by atoms with Gasteiger partial charge in [-0.1, -0.05) is 18.2 Å². The molecule has 0 aliphatic carbocycles. The summed E-state index contributed by atoms with van der Waals surface area (Å²) in [6.07, 6.45) is 3.84. The summed E-state index contributed by atoms with van der Waals surface area (Å²) in [6.45, 7) is 6.24. The number of aromatic nitrogens is 2. The number of nitrogens with one attached hydrogen (secondary N) is 1. The number of imidazole rings is 1. The Bertz CT molecular complexity index is 479. The van der Waals surface area contributed by atoms with Crippen LogP contribution in [0.15, 0.2) is 47.8 Å². The molecule has 0 aliphatic heterocycles. The molecule has 0 bridgehead atoms. The van der Waals surface area contributed by atoms with Crippen LogP contribution in [-0.2, 0) is 6.54 Å². The fourth-order valence-electron chi connectivity index (χ4n) is 1.91. The van der Waals surface area contributed by atoms with Crippen molar-refractivity contribution in [2.75, 3.05) is 12.3 Å². The first-order chi connectivity index (χ1) is 9.27. The summed E-state index contributed by atoms with van der Waals surface area (Å²) in [6, 6.07) is 11.0. The second kappa shape index (κ2) is 7.36. The van der Waals surface area contributed by atoms with Gasteiger partial charge in [0.05, 0.1) is 12.0 Å². The Labute approximate surface area is 119 Å². The van der Waals surface area contributed by atoms with Crippen LogP contribution in [-0.4, -0.2) is 21.8 Å². The molecule has 0 saturated carbocycles. The number of hydrogen-bond acceptors (Lipinski definition) is 3. The van der Waals surface area contributed by atoms with Gasteiger partial charge in [0, 0.05) is 36.0 Å². The molecule has 0 radical (unpaired) electrons. The lowest BCUT2D eigenvalue weighted by Crippen LogP contribution is -2.19. The topological polar surface area (TPSA) is 29.9 Å². The summed E-state index contributed by atoms with van der Waals surface area (Å²) >= 11 is 1.88. The number of benzene rings is 1. The quantitative estimate of drug-likeness (QED) is 0.621. The van der Waals surface area contributed by atoms with E-state index < -0.39 is 0 Å². The molecule has 2 aromatic rings. The van der Waals surface area contributed by atoms with E-state index in [2.05, 4.69) is 59.0 Å². The Morgan fingerprint density at radius 3 is 2.79 bits per heavy atom. The molecule has 1 N–H and O–H groups in total. The highest BCUT2D eigenvalue weighted by molar-refractivity contribution is 7.99. The fourth-order valence-corrected chi connectivity index (χ4v) is 2.74. The molecule has 0 unspecified atom stereocenters. The molecule has 1 aromatic heterocycles. The van der Waals surface area contributed by atoms with Crippen LogP contribution in [0.5, 0.6) is 0 Å². The Balaban J connectivity index is 1.68. The van der Waals surface area contributed by atoms with Crippen molar-refractivity contribution >= 4 is 11.8 Å². The third-order valence-electron chi connectivity index (χ3n) is 2.90. The second-order valence-corrected chi connectivity index (χ2v) is 5.89. The van der Waals surface area contributed by atoms with Gasteiger partial charge < -0.3 is 9.88 Å². The van der Waals surface area contributed by atoms with E-state index in [-0.39, 0.29) is 0 Å². The highest BCUT2D eigenvalue weighted by atomic mass is 32.2. The van der Waals surface area contributed by atoms with Crippen molar-refractivity contribution in [1.29, 1.82) is 0 Å². The van der Waals surface area contributed by atoms with Gasteiger partial charge in [0.2, 0.25) is 0 Å². The van der Waals surface area contributed by atoms with Crippen molar-refractivity contribution in [1.82, 2.24) is 14.9 Å². The summed E-state index contributed by atoms with van der Waals surface area (Å²) in [5.41, 5.74) is 1.25. The Kier molecular flexibility index (Phi) is 5.48. The predicted octanol–water partition coefficient (Wildman–Crippen LogP) is 3.35. The molecule has 0 atom stereocenters. The molecule has 0 amide bonds. The molecular formula is C15H21N3S. The van der Waals surface area contributed by atoms with Gasteiger partial charge in [-0.15, -0.1) is 11.8 Å². The molecule has 0 fully saturated rings. The van der Waals surface area contributed by atoms with E-state index in [4.69, 9.17) is 0 Å². The van der Waals surface area contributed by atoms with Crippen molar-refractivity contribution < 1.29 is 0 Å². The van der Waals surface area contributed by atoms with E-state index in [1.807, 2.05) is 24.3 Å². The van der Waals surface area contributed by atoms with Gasteiger partial charge in [-0.25, -0.2) is 4.98 Å². The van der Waals surface area contributed by atoms with Crippen LogP contribution in [0.2, 0.25) is 0 Å². The molecule has 0 saturated heterocycles. The summed E-state index contributed by atoms with van der Waals surface area (Å²) in [5, 5.41) is 3.47. The standard InChI is InChI=1S/C15H21N3S/c1-13(2)18-12-17-11-14(18)10-16-8-9-19-15-6-4-3-5-7-15/h3-7,11-13,16H,8-10H2,1-2H3. The van der Waals surface area contributed by atoms with Crippen molar-refractivity contribution in [3.63, 3.8) is 0 Å². The minimum atomic E-state index is 0.470. The Morgan fingerprint density at radius 2 is 2.05 bits per heavy atom. The SMILES string of the molecule is CC(C)n1cncc1CNCCSc1ccccc1. The van der Waals surface area contributed by atoms with Gasteiger partial charge in [-0.2, -0.15) is 0 Å². The molecule has 102 valence electrons. The van der Waals surface area contributed by atoms with E-state index in [1.165, 1.54) is 10.6 Å². The zero-order valence-electron chi connectivity index (χ0n) is 11.5. The van der Waals surface area contributed by atoms with Crippen molar-refractivity contribution in [2.24, 2.45) is 0 Å². The minimum absolute atomic E-state index is 0.470. The summed E-state index contributed by atoms with van der Waals surface area (Å²) in [7, 11) is 0. The van der Waals surface area contributed by atoms with Crippen molar-refractivity contribution in [3.8, 4) is 0 Å². The second-order valence-electron chi connectivity index (χ2n) is 4.72. The fraction of sp³-hybridized carbons (Fsp3) is 0.400. The number of rotatable bonds is 7. The first-order valence-electron chi connectivity index (χ1n) is 6.66. The smallest absolute Gasteiger partial charge is 0.0951 e. The van der Waals surface area contributed by atoms with Gasteiger partial charge >= 0.3 is 0 Å². The number of thioether (sulfide) groups is 1. The molecule has 19 heavy (non-hydrogen) atoms. The van der Waals surface area contributed by atoms with Crippen LogP contribution in [0.1, 0.15) is 25.6 Å². The van der Waals surface area contributed by atoms with E-state index in [0.29, 0.717) is 6.04 Å². The molecule has 2 rings (SSSR count). The maximum absolute atomic E-state index is 4.21. The lowest BCUT2D eigenvalue weighted by Gasteiger charge is -2.12. The molecule has 0 spiro atoms. The lowest BCUT2D eigenvalue weighted by molar-refractivity contribution is 0.556. The van der Waals surface area contributed by atoms with Gasteiger partial charge in [0.25, 0.3) is 0 Å². The van der Waals surface area contributed by atoms with Gasteiger partial charge in [-0.3, -0.25) is 0 Å². The maximum atomic E-state index is 4.21. The summed E-state index contributed by atoms with van der Waals surface area (Å²) in [4.78, 5) is 5.54. The summed E-state index contributed by atoms with van der Waals surface area (Å²) in [5.74, 6) is 1.08. The maximum Gasteiger partial charge on any atom is 0.0951 e. The van der Waals surface area contributed by atoms with Gasteiger partial charge in [0.15, 0.2) is 0 Å². The molecule has 4 heteroatoms. The van der Waals surface area contributed by atoms with Crippen LogP contribution in [0.4, 0.5) is 0 Å². The van der Waals surface area contributed by atoms with Crippen LogP contribution >= 0.6 is 11.8 Å². The minimum Gasteiger partial charge on any atom is -0.331 e. The highest BCUT2D eigenvalue weighted by Crippen LogP contribution is 2.15. The van der Waals surface area contributed by atoms with Crippen molar-refractivity contribution in [2.45, 2.75) is 31.3 Å². The lowest BCUT2D eigenvalue weighted by atomic mass is 10.3. The molecule has 1 heterocycles. The summed E-state index contributed by atoms with van der Waals surface area (Å²) < 4.78 is 2.21. The van der Waals surface area contributed by atoms with Crippen LogP contribution in [0.25, 0.3) is 0 Å². The van der Waals surface area contributed by atoms with Crippen LogP contribution in [0.3, 0.4) is 0 Å². The molecule has 1 aromatic carbocycles. The highest BCUT2D eigenvalue weighted by Gasteiger charge is 2.04. The Morgan fingerprint density at radius 1 is 1.26 bits per heavy atom. The van der Waals surface area contributed by atoms with E-state index in [9.17, 15) is 0 Å². The Hall–Kier alpha value is -1.26.